The molecule has 0 rings (SSSR count). The van der Waals surface area contributed by atoms with E-state index in [0.717, 1.165) is 0 Å². The highest BCUT2D eigenvalue weighted by Gasteiger charge is 2.01. The molecule has 140 valence electrons. The van der Waals surface area contributed by atoms with Gasteiger partial charge in [0.15, 0.2) is 0 Å². The van der Waals surface area contributed by atoms with E-state index in [-0.39, 0.29) is 6.42 Å². The van der Waals surface area contributed by atoms with Gasteiger partial charge in [-0.2, -0.15) is 0 Å². The van der Waals surface area contributed by atoms with E-state index in [4.69, 9.17) is 5.11 Å². The maximum absolute atomic E-state index is 10.3. The Morgan fingerprint density at radius 2 is 1.40 bits per heavy atom. The number of hydrogen-bond donors (Lipinski definition) is 4. The third-order valence-corrected chi connectivity index (χ3v) is 3.27. The van der Waals surface area contributed by atoms with Gasteiger partial charge < -0.3 is 20.4 Å². The quantitative estimate of drug-likeness (QED) is 0.383. The lowest BCUT2D eigenvalue weighted by molar-refractivity contribution is -0.137. The van der Waals surface area contributed by atoms with Crippen molar-refractivity contribution in [2.24, 2.45) is 0 Å². The summed E-state index contributed by atoms with van der Waals surface area (Å²) in [5, 5.41) is 37.2. The summed E-state index contributed by atoms with van der Waals surface area (Å²) in [7, 11) is 0. The summed E-state index contributed by atoms with van der Waals surface area (Å²) in [6.45, 7) is 1.90. The van der Waals surface area contributed by atoms with Crippen LogP contribution in [0.3, 0.4) is 0 Å². The highest BCUT2D eigenvalue weighted by molar-refractivity contribution is 5.66. The third kappa shape index (κ3) is 16.7. The van der Waals surface area contributed by atoms with Crippen molar-refractivity contribution in [2.75, 3.05) is 0 Å². The number of carboxylic acids is 1. The van der Waals surface area contributed by atoms with E-state index in [1.807, 2.05) is 13.0 Å². The molecule has 0 saturated heterocycles. The average Bonchev–Trinajstić information content (AvgIpc) is 2.57. The predicted molar refractivity (Wildman–Crippen MR) is 100 cm³/mol. The molecule has 0 aromatic rings. The van der Waals surface area contributed by atoms with Gasteiger partial charge in [0.25, 0.3) is 0 Å². The summed E-state index contributed by atoms with van der Waals surface area (Å²) < 4.78 is 0. The first-order valence-corrected chi connectivity index (χ1v) is 8.56. The van der Waals surface area contributed by atoms with Gasteiger partial charge in [-0.05, 0) is 25.7 Å². The van der Waals surface area contributed by atoms with Crippen molar-refractivity contribution in [1.82, 2.24) is 0 Å². The number of aliphatic carboxylic acids is 1. The van der Waals surface area contributed by atoms with E-state index in [1.54, 1.807) is 54.7 Å². The van der Waals surface area contributed by atoms with E-state index in [2.05, 4.69) is 0 Å². The minimum atomic E-state index is -0.857. The Balaban J connectivity index is 3.95. The van der Waals surface area contributed by atoms with Crippen molar-refractivity contribution in [3.8, 4) is 0 Å². The van der Waals surface area contributed by atoms with Crippen LogP contribution in [0.1, 0.15) is 39.0 Å². The number of aliphatic hydroxyl groups excluding tert-OH is 3. The number of allylic oxidation sites excluding steroid dienone is 6. The van der Waals surface area contributed by atoms with Crippen LogP contribution in [-0.4, -0.2) is 44.7 Å². The zero-order valence-corrected chi connectivity index (χ0v) is 14.7. The maximum atomic E-state index is 10.3. The molecule has 1 unspecified atom stereocenters. The van der Waals surface area contributed by atoms with Gasteiger partial charge >= 0.3 is 5.97 Å². The number of aliphatic hydroxyl groups is 3. The normalized spacial score (nSPS) is 16.6. The van der Waals surface area contributed by atoms with E-state index >= 15 is 0 Å². The van der Waals surface area contributed by atoms with Crippen molar-refractivity contribution < 1.29 is 25.2 Å². The molecule has 0 spiro atoms. The Bertz CT molecular complexity index is 488. The molecule has 0 amide bonds. The zero-order valence-electron chi connectivity index (χ0n) is 14.7. The third-order valence-electron chi connectivity index (χ3n) is 3.27. The van der Waals surface area contributed by atoms with Gasteiger partial charge in [0.05, 0.1) is 18.3 Å². The van der Waals surface area contributed by atoms with Gasteiger partial charge in [-0.3, -0.25) is 4.79 Å². The smallest absolute Gasteiger partial charge is 0.303 e. The molecule has 5 heteroatoms. The standard InChI is InChI=1S/C20H30O5/c1-2-17(21)11-8-5-9-14-18(22)12-6-3-4-7-13-19(23)15-10-16-20(24)25/h3-9,11-13,17-19,21-23H,2,10,14-16H2,1H3,(H,24,25)/b4-3+,9-5-,11-8+,12-6+,13-7+/t17?,18-,19+/m0/s1. The summed E-state index contributed by atoms with van der Waals surface area (Å²) in [6, 6.07) is 0. The second kappa shape index (κ2) is 15.6. The van der Waals surface area contributed by atoms with Crippen LogP contribution in [0.5, 0.6) is 0 Å². The Kier molecular flexibility index (Phi) is 14.4. The van der Waals surface area contributed by atoms with Crippen molar-refractivity contribution >= 4 is 5.97 Å². The molecule has 0 radical (unpaired) electrons. The van der Waals surface area contributed by atoms with Crippen LogP contribution in [0.15, 0.2) is 60.8 Å². The van der Waals surface area contributed by atoms with Gasteiger partial charge in [-0.1, -0.05) is 67.7 Å². The largest absolute Gasteiger partial charge is 0.481 e. The van der Waals surface area contributed by atoms with Gasteiger partial charge in [-0.25, -0.2) is 0 Å². The highest BCUT2D eigenvalue weighted by Crippen LogP contribution is 2.02. The fourth-order valence-corrected chi connectivity index (χ4v) is 1.78. The summed E-state index contributed by atoms with van der Waals surface area (Å²) in [5.74, 6) is -0.857. The molecule has 0 bridgehead atoms. The number of carbonyl (C=O) groups is 1. The molecule has 0 saturated carbocycles. The summed E-state index contributed by atoms with van der Waals surface area (Å²) in [6.07, 6.45) is 17.6. The summed E-state index contributed by atoms with van der Waals surface area (Å²) >= 11 is 0. The fraction of sp³-hybridized carbons (Fsp3) is 0.450. The minimum Gasteiger partial charge on any atom is -0.481 e. The molecule has 0 aliphatic rings. The maximum Gasteiger partial charge on any atom is 0.303 e. The molecule has 4 N–H and O–H groups in total. The van der Waals surface area contributed by atoms with Crippen molar-refractivity contribution in [2.45, 2.75) is 57.3 Å². The van der Waals surface area contributed by atoms with Crippen LogP contribution in [0.4, 0.5) is 0 Å². The van der Waals surface area contributed by atoms with Gasteiger partial charge in [0, 0.05) is 6.42 Å². The number of carboxylic acid groups (broad SMARTS) is 1. The molecule has 0 fully saturated rings. The Morgan fingerprint density at radius 3 is 2.00 bits per heavy atom. The molecule has 25 heavy (non-hydrogen) atoms. The van der Waals surface area contributed by atoms with Gasteiger partial charge in [0.2, 0.25) is 0 Å². The lowest BCUT2D eigenvalue weighted by Crippen LogP contribution is -2.03. The van der Waals surface area contributed by atoms with E-state index in [9.17, 15) is 20.1 Å². The Labute approximate surface area is 150 Å². The fourth-order valence-electron chi connectivity index (χ4n) is 1.78. The van der Waals surface area contributed by atoms with Crippen molar-refractivity contribution in [3.05, 3.63) is 60.8 Å². The van der Waals surface area contributed by atoms with Crippen LogP contribution >= 0.6 is 0 Å². The molecule has 0 aliphatic carbocycles. The molecular formula is C20H30O5. The molecule has 0 aromatic heterocycles. The van der Waals surface area contributed by atoms with E-state index < -0.39 is 24.3 Å². The second-order valence-corrected chi connectivity index (χ2v) is 5.60. The monoisotopic (exact) mass is 350 g/mol. The molecule has 0 aliphatic heterocycles. The van der Waals surface area contributed by atoms with Crippen LogP contribution in [-0.2, 0) is 4.79 Å². The second-order valence-electron chi connectivity index (χ2n) is 5.60. The minimum absolute atomic E-state index is 0.0603. The van der Waals surface area contributed by atoms with Crippen molar-refractivity contribution in [1.29, 1.82) is 0 Å². The Morgan fingerprint density at radius 1 is 0.840 bits per heavy atom. The molecule has 3 atom stereocenters. The van der Waals surface area contributed by atoms with Crippen LogP contribution in [0, 0.1) is 0 Å². The number of hydrogen-bond acceptors (Lipinski definition) is 4. The highest BCUT2D eigenvalue weighted by atomic mass is 16.4. The zero-order chi connectivity index (χ0) is 18.9. The predicted octanol–water partition coefficient (Wildman–Crippen LogP) is 2.91. The van der Waals surface area contributed by atoms with E-state index in [0.29, 0.717) is 25.7 Å². The lowest BCUT2D eigenvalue weighted by atomic mass is 10.1. The van der Waals surface area contributed by atoms with Crippen LogP contribution in [0.25, 0.3) is 0 Å². The van der Waals surface area contributed by atoms with Gasteiger partial charge in [-0.15, -0.1) is 0 Å². The first-order chi connectivity index (χ1) is 12.0. The Hall–Kier alpha value is -1.95. The molecular weight excluding hydrogens is 320 g/mol. The average molecular weight is 350 g/mol. The SMILES string of the molecule is CCC(O)/C=C/C=C\C[C@@H](O)/C=C/C=C/C=C/[C@@H](O)CCCC(=O)O. The molecule has 5 nitrogen and oxygen atoms in total. The first kappa shape index (κ1) is 23.1. The summed E-state index contributed by atoms with van der Waals surface area (Å²) in [5.41, 5.74) is 0. The van der Waals surface area contributed by atoms with Gasteiger partial charge in [0.1, 0.15) is 0 Å². The lowest BCUT2D eigenvalue weighted by Gasteiger charge is -2.02. The van der Waals surface area contributed by atoms with Crippen LogP contribution in [0.2, 0.25) is 0 Å². The number of rotatable bonds is 13. The van der Waals surface area contributed by atoms with E-state index in [1.165, 1.54) is 0 Å². The first-order valence-electron chi connectivity index (χ1n) is 8.56. The van der Waals surface area contributed by atoms with Crippen molar-refractivity contribution in [3.63, 3.8) is 0 Å². The van der Waals surface area contributed by atoms with Crippen LogP contribution < -0.4 is 0 Å². The summed E-state index contributed by atoms with van der Waals surface area (Å²) in [4.78, 5) is 10.3. The molecule has 0 aromatic carbocycles. The molecule has 0 heterocycles. The topological polar surface area (TPSA) is 98.0 Å².